The predicted octanol–water partition coefficient (Wildman–Crippen LogP) is 2.34. The second kappa shape index (κ2) is 4.67. The molecule has 0 atom stereocenters. The highest BCUT2D eigenvalue weighted by atomic mass is 35.5. The Morgan fingerprint density at radius 1 is 1.53 bits per heavy atom. The molecule has 1 aromatic carbocycles. The summed E-state index contributed by atoms with van der Waals surface area (Å²) in [6.07, 6.45) is 2.90. The number of benzene rings is 1. The largest absolute Gasteiger partial charge is 0.496 e. The highest BCUT2D eigenvalue weighted by molar-refractivity contribution is 6.30. The number of nitrogens with two attached hydrogens (primary N) is 1. The number of hydrogen-bond donors (Lipinski definition) is 1. The summed E-state index contributed by atoms with van der Waals surface area (Å²) in [6, 6.07) is 5.28. The van der Waals surface area contributed by atoms with Crippen LogP contribution in [-0.4, -0.2) is 18.4 Å². The van der Waals surface area contributed by atoms with E-state index in [1.807, 2.05) is 0 Å². The maximum absolute atomic E-state index is 12.1. The number of ketones is 1. The quantitative estimate of drug-likeness (QED) is 0.896. The Morgan fingerprint density at radius 2 is 2.24 bits per heavy atom. The van der Waals surface area contributed by atoms with Gasteiger partial charge >= 0.3 is 0 Å². The van der Waals surface area contributed by atoms with E-state index in [0.717, 1.165) is 24.8 Å². The van der Waals surface area contributed by atoms with Gasteiger partial charge in [-0.25, -0.2) is 0 Å². The van der Waals surface area contributed by atoms with Gasteiger partial charge in [0.25, 0.3) is 0 Å². The minimum Gasteiger partial charge on any atom is -0.496 e. The third-order valence-corrected chi connectivity index (χ3v) is 3.63. The summed E-state index contributed by atoms with van der Waals surface area (Å²) in [4.78, 5) is 12.1. The van der Waals surface area contributed by atoms with E-state index in [1.54, 1.807) is 25.3 Å². The summed E-state index contributed by atoms with van der Waals surface area (Å²) >= 11 is 5.92. The fourth-order valence-electron chi connectivity index (χ4n) is 2.07. The molecule has 0 unspecified atom stereocenters. The van der Waals surface area contributed by atoms with Crippen molar-refractivity contribution in [3.05, 3.63) is 28.8 Å². The lowest BCUT2D eigenvalue weighted by molar-refractivity contribution is -0.126. The van der Waals surface area contributed by atoms with Gasteiger partial charge in [0.2, 0.25) is 0 Å². The lowest BCUT2D eigenvalue weighted by Crippen LogP contribution is -2.54. The number of carbonyl (C=O) groups is 1. The van der Waals surface area contributed by atoms with Gasteiger partial charge in [0.1, 0.15) is 5.75 Å². The lowest BCUT2D eigenvalue weighted by atomic mass is 9.73. The Hall–Kier alpha value is -1.06. The normalized spacial score (nSPS) is 17.4. The Labute approximate surface area is 106 Å². The van der Waals surface area contributed by atoms with Gasteiger partial charge in [0.05, 0.1) is 12.6 Å². The topological polar surface area (TPSA) is 52.3 Å². The van der Waals surface area contributed by atoms with Gasteiger partial charge in [-0.05, 0) is 37.5 Å². The number of rotatable bonds is 4. The molecule has 92 valence electrons. The molecule has 4 heteroatoms. The minimum absolute atomic E-state index is 0.0734. The molecule has 0 amide bonds. The number of hydrogen-bond acceptors (Lipinski definition) is 3. The molecule has 17 heavy (non-hydrogen) atoms. The average molecular weight is 254 g/mol. The van der Waals surface area contributed by atoms with E-state index in [9.17, 15) is 4.79 Å². The first-order valence-corrected chi connectivity index (χ1v) is 6.07. The molecule has 1 saturated carbocycles. The first-order valence-electron chi connectivity index (χ1n) is 5.70. The summed E-state index contributed by atoms with van der Waals surface area (Å²) in [5, 5.41) is 0.605. The van der Waals surface area contributed by atoms with E-state index in [0.29, 0.717) is 17.2 Å². The zero-order valence-corrected chi connectivity index (χ0v) is 10.6. The van der Waals surface area contributed by atoms with Crippen molar-refractivity contribution in [1.82, 2.24) is 0 Å². The van der Waals surface area contributed by atoms with Crippen molar-refractivity contribution in [3.63, 3.8) is 0 Å². The molecular weight excluding hydrogens is 238 g/mol. The Balaban J connectivity index is 2.17. The fourth-order valence-corrected chi connectivity index (χ4v) is 2.27. The van der Waals surface area contributed by atoms with E-state index >= 15 is 0 Å². The van der Waals surface area contributed by atoms with Gasteiger partial charge in [-0.1, -0.05) is 11.6 Å². The molecule has 2 N–H and O–H groups in total. The molecular formula is C13H16ClNO2. The molecule has 1 aromatic rings. The summed E-state index contributed by atoms with van der Waals surface area (Å²) in [7, 11) is 1.58. The van der Waals surface area contributed by atoms with E-state index in [-0.39, 0.29) is 5.78 Å². The van der Waals surface area contributed by atoms with Gasteiger partial charge < -0.3 is 10.5 Å². The van der Waals surface area contributed by atoms with Crippen LogP contribution in [0.4, 0.5) is 0 Å². The van der Waals surface area contributed by atoms with Crippen molar-refractivity contribution in [1.29, 1.82) is 0 Å². The van der Waals surface area contributed by atoms with Crippen LogP contribution in [0.25, 0.3) is 0 Å². The van der Waals surface area contributed by atoms with E-state index in [1.165, 1.54) is 0 Å². The van der Waals surface area contributed by atoms with Crippen LogP contribution in [-0.2, 0) is 11.2 Å². The fraction of sp³-hybridized carbons (Fsp3) is 0.462. The van der Waals surface area contributed by atoms with Crippen LogP contribution < -0.4 is 10.5 Å². The molecule has 3 nitrogen and oxygen atoms in total. The average Bonchev–Trinajstić information content (AvgIpc) is 2.26. The van der Waals surface area contributed by atoms with Crippen LogP contribution in [0.5, 0.6) is 5.75 Å². The van der Waals surface area contributed by atoms with Gasteiger partial charge in [0.15, 0.2) is 5.78 Å². The molecule has 1 aliphatic carbocycles. The standard InChI is InChI=1S/C13H16ClNO2/c1-17-11-4-3-10(14)7-9(11)8-12(16)13(15)5-2-6-13/h3-4,7H,2,5-6,8,15H2,1H3. The number of halogens is 1. The third kappa shape index (κ3) is 2.45. The molecule has 0 bridgehead atoms. The van der Waals surface area contributed by atoms with E-state index in [4.69, 9.17) is 22.1 Å². The highest BCUT2D eigenvalue weighted by Crippen LogP contribution is 2.32. The highest BCUT2D eigenvalue weighted by Gasteiger charge is 2.39. The van der Waals surface area contributed by atoms with Gasteiger partial charge in [-0.2, -0.15) is 0 Å². The minimum atomic E-state index is -0.618. The summed E-state index contributed by atoms with van der Waals surface area (Å²) in [5.74, 6) is 0.759. The predicted molar refractivity (Wildman–Crippen MR) is 67.5 cm³/mol. The Bertz CT molecular complexity index is 441. The lowest BCUT2D eigenvalue weighted by Gasteiger charge is -2.36. The smallest absolute Gasteiger partial charge is 0.157 e. The van der Waals surface area contributed by atoms with Gasteiger partial charge in [-0.3, -0.25) is 4.79 Å². The third-order valence-electron chi connectivity index (χ3n) is 3.39. The van der Waals surface area contributed by atoms with E-state index < -0.39 is 5.54 Å². The Morgan fingerprint density at radius 3 is 2.76 bits per heavy atom. The zero-order chi connectivity index (χ0) is 12.5. The first kappa shape index (κ1) is 12.4. The zero-order valence-electron chi connectivity index (χ0n) is 9.83. The second-order valence-corrected chi connectivity index (χ2v) is 5.00. The molecule has 0 spiro atoms. The maximum atomic E-state index is 12.1. The maximum Gasteiger partial charge on any atom is 0.157 e. The molecule has 0 heterocycles. The molecule has 2 rings (SSSR count). The Kier molecular flexibility index (Phi) is 3.40. The summed E-state index contributed by atoms with van der Waals surface area (Å²) < 4.78 is 5.21. The summed E-state index contributed by atoms with van der Waals surface area (Å²) in [5.41, 5.74) is 6.19. The molecule has 1 fully saturated rings. The van der Waals surface area contributed by atoms with Crippen LogP contribution in [0.3, 0.4) is 0 Å². The van der Waals surface area contributed by atoms with Crippen LogP contribution in [0.15, 0.2) is 18.2 Å². The molecule has 1 aliphatic rings. The SMILES string of the molecule is COc1ccc(Cl)cc1CC(=O)C1(N)CCC1. The van der Waals surface area contributed by atoms with Gasteiger partial charge in [0, 0.05) is 17.0 Å². The van der Waals surface area contributed by atoms with Crippen LogP contribution in [0, 0.1) is 0 Å². The van der Waals surface area contributed by atoms with Crippen LogP contribution in [0.1, 0.15) is 24.8 Å². The van der Waals surface area contributed by atoms with Crippen molar-refractivity contribution >= 4 is 17.4 Å². The monoisotopic (exact) mass is 253 g/mol. The molecule has 0 aliphatic heterocycles. The van der Waals surface area contributed by atoms with Crippen LogP contribution in [0.2, 0.25) is 5.02 Å². The van der Waals surface area contributed by atoms with Crippen molar-refractivity contribution < 1.29 is 9.53 Å². The van der Waals surface area contributed by atoms with Gasteiger partial charge in [-0.15, -0.1) is 0 Å². The first-order chi connectivity index (χ1) is 8.05. The van der Waals surface area contributed by atoms with Crippen molar-refractivity contribution in [3.8, 4) is 5.75 Å². The molecule has 0 saturated heterocycles. The van der Waals surface area contributed by atoms with Crippen molar-refractivity contribution in [2.45, 2.75) is 31.2 Å². The summed E-state index contributed by atoms with van der Waals surface area (Å²) in [6.45, 7) is 0. The number of ether oxygens (including phenoxy) is 1. The van der Waals surface area contributed by atoms with Crippen molar-refractivity contribution in [2.75, 3.05) is 7.11 Å². The van der Waals surface area contributed by atoms with Crippen LogP contribution >= 0.6 is 11.6 Å². The number of methoxy groups -OCH3 is 1. The van der Waals surface area contributed by atoms with Crippen molar-refractivity contribution in [2.24, 2.45) is 5.73 Å². The number of Topliss-reactive ketones (excluding diaryl/α,β-unsaturated/α-hetero) is 1. The number of carbonyl (C=O) groups excluding carboxylic acids is 1. The molecule has 0 aromatic heterocycles. The second-order valence-electron chi connectivity index (χ2n) is 4.57. The molecule has 0 radical (unpaired) electrons. The van der Waals surface area contributed by atoms with E-state index in [2.05, 4.69) is 0 Å².